The van der Waals surface area contributed by atoms with E-state index in [2.05, 4.69) is 22.1 Å². The van der Waals surface area contributed by atoms with Gasteiger partial charge in [-0.1, -0.05) is 18.2 Å². The third-order valence-corrected chi connectivity index (χ3v) is 4.88. The van der Waals surface area contributed by atoms with Gasteiger partial charge in [-0.2, -0.15) is 0 Å². The van der Waals surface area contributed by atoms with E-state index >= 15 is 0 Å². The third-order valence-electron chi connectivity index (χ3n) is 2.72. The topological polar surface area (TPSA) is 51.8 Å². The van der Waals surface area contributed by atoms with E-state index < -0.39 is 0 Å². The Morgan fingerprint density at radius 2 is 2.05 bits per heavy atom. The summed E-state index contributed by atoms with van der Waals surface area (Å²) < 4.78 is 2.24. The lowest BCUT2D eigenvalue weighted by Crippen LogP contribution is -2.04. The number of thiazole rings is 1. The maximum absolute atomic E-state index is 5.63. The van der Waals surface area contributed by atoms with Gasteiger partial charge >= 0.3 is 0 Å². The molecule has 0 aliphatic rings. The van der Waals surface area contributed by atoms with E-state index in [4.69, 9.17) is 5.73 Å². The van der Waals surface area contributed by atoms with Crippen molar-refractivity contribution in [1.82, 2.24) is 9.97 Å². The normalized spacial score (nSPS) is 11.0. The molecule has 0 unspecified atom stereocenters. The van der Waals surface area contributed by atoms with Crippen LogP contribution in [-0.2, 0) is 6.42 Å². The summed E-state index contributed by atoms with van der Waals surface area (Å²) in [5.74, 6) is 0. The predicted octanol–water partition coefficient (Wildman–Crippen LogP) is 3.34. The minimum absolute atomic E-state index is 0.638. The maximum atomic E-state index is 5.63. The summed E-state index contributed by atoms with van der Waals surface area (Å²) in [5, 5.41) is 1.01. The van der Waals surface area contributed by atoms with Crippen molar-refractivity contribution in [3.63, 3.8) is 0 Å². The van der Waals surface area contributed by atoms with Crippen LogP contribution in [0.3, 0.4) is 0 Å². The first-order valence-corrected chi connectivity index (χ1v) is 7.67. The van der Waals surface area contributed by atoms with Gasteiger partial charge in [0.05, 0.1) is 10.2 Å². The first-order chi connectivity index (χ1) is 9.36. The standard InChI is InChI=1S/C14H13N3S2/c15-8-7-10-4-3-9-16-13(10)19-14-17-11-5-1-2-6-12(11)18-14/h1-6,9H,7-8,15H2. The van der Waals surface area contributed by atoms with Crippen molar-refractivity contribution < 1.29 is 0 Å². The molecule has 0 aliphatic carbocycles. The van der Waals surface area contributed by atoms with Crippen LogP contribution in [0.2, 0.25) is 0 Å². The largest absolute Gasteiger partial charge is 0.330 e. The number of fused-ring (bicyclic) bond motifs is 1. The number of pyridine rings is 1. The highest BCUT2D eigenvalue weighted by atomic mass is 32.2. The Bertz CT molecular complexity index is 661. The quantitative estimate of drug-likeness (QED) is 0.799. The van der Waals surface area contributed by atoms with Crippen molar-refractivity contribution in [2.45, 2.75) is 15.8 Å². The van der Waals surface area contributed by atoms with Crippen LogP contribution >= 0.6 is 23.1 Å². The minimum Gasteiger partial charge on any atom is -0.330 e. The minimum atomic E-state index is 0.638. The smallest absolute Gasteiger partial charge is 0.157 e. The molecule has 96 valence electrons. The van der Waals surface area contributed by atoms with Gasteiger partial charge in [-0.3, -0.25) is 0 Å². The van der Waals surface area contributed by atoms with Crippen LogP contribution in [0.1, 0.15) is 5.56 Å². The number of para-hydroxylation sites is 1. The van der Waals surface area contributed by atoms with Crippen molar-refractivity contribution in [3.05, 3.63) is 48.2 Å². The average molecular weight is 287 g/mol. The molecule has 2 N–H and O–H groups in total. The Morgan fingerprint density at radius 1 is 1.16 bits per heavy atom. The van der Waals surface area contributed by atoms with Gasteiger partial charge in [-0.15, -0.1) is 11.3 Å². The number of nitrogens with two attached hydrogens (primary N) is 1. The monoisotopic (exact) mass is 287 g/mol. The van der Waals surface area contributed by atoms with Crippen LogP contribution in [0.5, 0.6) is 0 Å². The van der Waals surface area contributed by atoms with Crippen molar-refractivity contribution in [2.75, 3.05) is 6.54 Å². The van der Waals surface area contributed by atoms with Crippen LogP contribution in [0.15, 0.2) is 52.0 Å². The lowest BCUT2D eigenvalue weighted by molar-refractivity contribution is 0.911. The van der Waals surface area contributed by atoms with Gasteiger partial charge in [0.2, 0.25) is 0 Å². The van der Waals surface area contributed by atoms with Crippen LogP contribution in [0, 0.1) is 0 Å². The van der Waals surface area contributed by atoms with Gasteiger partial charge in [0.1, 0.15) is 5.03 Å². The van der Waals surface area contributed by atoms with E-state index in [1.54, 1.807) is 23.1 Å². The molecule has 0 atom stereocenters. The Morgan fingerprint density at radius 3 is 2.89 bits per heavy atom. The SMILES string of the molecule is NCCc1cccnc1Sc1nc2ccccc2s1. The molecule has 0 saturated carbocycles. The van der Waals surface area contributed by atoms with Crippen molar-refractivity contribution >= 4 is 33.3 Å². The summed E-state index contributed by atoms with van der Waals surface area (Å²) in [4.78, 5) is 9.06. The van der Waals surface area contributed by atoms with Crippen molar-refractivity contribution in [1.29, 1.82) is 0 Å². The Hall–Kier alpha value is -1.43. The molecule has 0 bridgehead atoms. The number of hydrogen-bond donors (Lipinski definition) is 1. The van der Waals surface area contributed by atoms with Crippen molar-refractivity contribution in [2.24, 2.45) is 5.73 Å². The molecule has 3 aromatic rings. The molecule has 0 spiro atoms. The first-order valence-electron chi connectivity index (χ1n) is 6.04. The van der Waals surface area contributed by atoms with E-state index in [1.807, 2.05) is 30.5 Å². The van der Waals surface area contributed by atoms with Crippen LogP contribution in [0.25, 0.3) is 10.2 Å². The molecule has 2 heterocycles. The second-order valence-corrected chi connectivity index (χ2v) is 6.32. The zero-order valence-corrected chi connectivity index (χ0v) is 11.9. The summed E-state index contributed by atoms with van der Waals surface area (Å²) in [5.41, 5.74) is 7.87. The Kier molecular flexibility index (Phi) is 3.77. The summed E-state index contributed by atoms with van der Waals surface area (Å²) in [7, 11) is 0. The third kappa shape index (κ3) is 2.78. The van der Waals surface area contributed by atoms with E-state index in [0.29, 0.717) is 6.54 Å². The maximum Gasteiger partial charge on any atom is 0.157 e. The average Bonchev–Trinajstić information content (AvgIpc) is 2.83. The lowest BCUT2D eigenvalue weighted by Gasteiger charge is -2.04. The van der Waals surface area contributed by atoms with Gasteiger partial charge in [0.15, 0.2) is 4.34 Å². The molecule has 3 nitrogen and oxygen atoms in total. The van der Waals surface area contributed by atoms with E-state index in [9.17, 15) is 0 Å². The number of benzene rings is 1. The van der Waals surface area contributed by atoms with Gasteiger partial charge in [-0.25, -0.2) is 9.97 Å². The molecule has 0 radical (unpaired) electrons. The highest BCUT2D eigenvalue weighted by Gasteiger charge is 2.09. The summed E-state index contributed by atoms with van der Waals surface area (Å²) in [6.07, 6.45) is 2.66. The fourth-order valence-corrected chi connectivity index (χ4v) is 3.93. The molecule has 1 aromatic carbocycles. The molecular formula is C14H13N3S2. The molecule has 2 aromatic heterocycles. The van der Waals surface area contributed by atoms with E-state index in [0.717, 1.165) is 21.3 Å². The number of hydrogen-bond acceptors (Lipinski definition) is 5. The molecule has 0 amide bonds. The second kappa shape index (κ2) is 5.69. The second-order valence-electron chi connectivity index (χ2n) is 4.06. The highest BCUT2D eigenvalue weighted by molar-refractivity contribution is 8.01. The first kappa shape index (κ1) is 12.6. The molecule has 19 heavy (non-hydrogen) atoms. The Balaban J connectivity index is 1.92. The zero-order valence-electron chi connectivity index (χ0n) is 10.2. The summed E-state index contributed by atoms with van der Waals surface area (Å²) in [6.45, 7) is 0.638. The summed E-state index contributed by atoms with van der Waals surface area (Å²) >= 11 is 3.32. The van der Waals surface area contributed by atoms with Gasteiger partial charge in [-0.05, 0) is 48.5 Å². The van der Waals surface area contributed by atoms with Crippen LogP contribution in [-0.4, -0.2) is 16.5 Å². The molecule has 3 rings (SSSR count). The van der Waals surface area contributed by atoms with E-state index in [-0.39, 0.29) is 0 Å². The van der Waals surface area contributed by atoms with Gasteiger partial charge < -0.3 is 5.73 Å². The van der Waals surface area contributed by atoms with Crippen molar-refractivity contribution in [3.8, 4) is 0 Å². The molecule has 5 heteroatoms. The van der Waals surface area contributed by atoms with Crippen LogP contribution < -0.4 is 5.73 Å². The summed E-state index contributed by atoms with van der Waals surface area (Å²) in [6, 6.07) is 12.2. The molecule has 0 saturated heterocycles. The fraction of sp³-hybridized carbons (Fsp3) is 0.143. The number of rotatable bonds is 4. The van der Waals surface area contributed by atoms with Gasteiger partial charge in [0.25, 0.3) is 0 Å². The predicted molar refractivity (Wildman–Crippen MR) is 80.7 cm³/mol. The molecular weight excluding hydrogens is 274 g/mol. The Labute approximate surface area is 119 Å². The van der Waals surface area contributed by atoms with Gasteiger partial charge in [0, 0.05) is 6.20 Å². The lowest BCUT2D eigenvalue weighted by atomic mass is 10.2. The van der Waals surface area contributed by atoms with E-state index in [1.165, 1.54) is 10.3 Å². The molecule has 0 fully saturated rings. The fourth-order valence-electron chi connectivity index (χ4n) is 1.84. The van der Waals surface area contributed by atoms with Crippen LogP contribution in [0.4, 0.5) is 0 Å². The number of aromatic nitrogens is 2. The highest BCUT2D eigenvalue weighted by Crippen LogP contribution is 2.34. The zero-order chi connectivity index (χ0) is 13.1. The molecule has 0 aliphatic heterocycles. The number of nitrogens with zero attached hydrogens (tertiary/aromatic N) is 2.